The number of aldehydes is 1. The molecule has 3 atom stereocenters. The summed E-state index contributed by atoms with van der Waals surface area (Å²) in [5.74, 6) is -0.560. The third-order valence-corrected chi connectivity index (χ3v) is 9.11. The summed E-state index contributed by atoms with van der Waals surface area (Å²) in [7, 11) is 0. The normalized spacial score (nSPS) is 13.6. The summed E-state index contributed by atoms with van der Waals surface area (Å²) in [6.45, 7) is 14.1. The van der Waals surface area contributed by atoms with Crippen LogP contribution < -0.4 is 11.1 Å². The Bertz CT molecular complexity index is 1240. The molecule has 0 aliphatic carbocycles. The number of hydrogen-bond acceptors (Lipinski definition) is 8. The van der Waals surface area contributed by atoms with Gasteiger partial charge in [-0.2, -0.15) is 0 Å². The van der Waals surface area contributed by atoms with Crippen LogP contribution in [0, 0.1) is 11.3 Å². The second-order valence-corrected chi connectivity index (χ2v) is 14.3. The minimum absolute atomic E-state index is 0.118. The molecule has 0 fully saturated rings. The molecule has 1 heterocycles. The first-order valence-corrected chi connectivity index (χ1v) is 17.7. The quantitative estimate of drug-likeness (QED) is 0.0624. The van der Waals surface area contributed by atoms with Crippen LogP contribution in [0.25, 0.3) is 0 Å². The second kappa shape index (κ2) is 19.4. The van der Waals surface area contributed by atoms with E-state index in [0.717, 1.165) is 50.4 Å². The number of rotatable bonds is 21. The fraction of sp³-hybridized carbons (Fsp3) is 0.639. The molecule has 0 bridgehead atoms. The van der Waals surface area contributed by atoms with Crippen LogP contribution in [-0.2, 0) is 25.5 Å². The lowest BCUT2D eigenvalue weighted by Crippen LogP contribution is -2.45. The van der Waals surface area contributed by atoms with Crippen molar-refractivity contribution in [1.29, 1.82) is 0 Å². The van der Waals surface area contributed by atoms with Gasteiger partial charge < -0.3 is 25.5 Å². The van der Waals surface area contributed by atoms with Crippen molar-refractivity contribution in [2.75, 3.05) is 12.3 Å². The molecule has 9 nitrogen and oxygen atoms in total. The SMILES string of the molecule is CCCCCCN(C(=O)CCCC)C(CC(OC(C)=O)c1nc(C(=O)NC(Cc2ccc(N)cc2)CC(C)(C)C=O)cs1)C(C)C. The summed E-state index contributed by atoms with van der Waals surface area (Å²) in [5, 5.41) is 5.27. The zero-order chi connectivity index (χ0) is 34.3. The number of benzene rings is 1. The fourth-order valence-corrected chi connectivity index (χ4v) is 6.47. The summed E-state index contributed by atoms with van der Waals surface area (Å²) in [6.07, 6.45) is 8.04. The predicted octanol–water partition coefficient (Wildman–Crippen LogP) is 7.30. The highest BCUT2D eigenvalue weighted by Gasteiger charge is 2.32. The first kappa shape index (κ1) is 38.9. The molecule has 1 aromatic carbocycles. The van der Waals surface area contributed by atoms with Gasteiger partial charge in [0.2, 0.25) is 5.91 Å². The summed E-state index contributed by atoms with van der Waals surface area (Å²) < 4.78 is 5.80. The maximum absolute atomic E-state index is 13.5. The van der Waals surface area contributed by atoms with Gasteiger partial charge in [-0.15, -0.1) is 11.3 Å². The topological polar surface area (TPSA) is 132 Å². The maximum Gasteiger partial charge on any atom is 0.303 e. The number of nitrogen functional groups attached to an aromatic ring is 1. The van der Waals surface area contributed by atoms with Gasteiger partial charge in [0.1, 0.15) is 17.0 Å². The number of nitrogens with two attached hydrogens (primary N) is 1. The molecule has 3 N–H and O–H groups in total. The number of aromatic nitrogens is 1. The van der Waals surface area contributed by atoms with E-state index in [4.69, 9.17) is 10.5 Å². The Morgan fingerprint density at radius 2 is 1.74 bits per heavy atom. The number of thiazole rings is 1. The van der Waals surface area contributed by atoms with Crippen LogP contribution in [0.4, 0.5) is 5.69 Å². The zero-order valence-corrected chi connectivity index (χ0v) is 29.8. The van der Waals surface area contributed by atoms with Crippen LogP contribution in [0.1, 0.15) is 133 Å². The number of anilines is 1. The molecule has 1 aromatic heterocycles. The van der Waals surface area contributed by atoms with Crippen LogP contribution in [0.2, 0.25) is 0 Å². The van der Waals surface area contributed by atoms with Crippen molar-refractivity contribution in [1.82, 2.24) is 15.2 Å². The van der Waals surface area contributed by atoms with Gasteiger partial charge in [-0.3, -0.25) is 14.4 Å². The van der Waals surface area contributed by atoms with Gasteiger partial charge >= 0.3 is 5.97 Å². The summed E-state index contributed by atoms with van der Waals surface area (Å²) in [6, 6.07) is 6.97. The molecular formula is C36H56N4O5S. The van der Waals surface area contributed by atoms with E-state index in [1.807, 2.05) is 43.0 Å². The highest BCUT2D eigenvalue weighted by molar-refractivity contribution is 7.09. The van der Waals surface area contributed by atoms with Crippen LogP contribution >= 0.6 is 11.3 Å². The summed E-state index contributed by atoms with van der Waals surface area (Å²) >= 11 is 1.27. The number of nitrogens with one attached hydrogen (secondary N) is 1. The van der Waals surface area contributed by atoms with Crippen LogP contribution in [0.5, 0.6) is 0 Å². The van der Waals surface area contributed by atoms with E-state index in [9.17, 15) is 19.2 Å². The van der Waals surface area contributed by atoms with E-state index in [1.54, 1.807) is 5.38 Å². The van der Waals surface area contributed by atoms with Gasteiger partial charge in [0.25, 0.3) is 5.91 Å². The van der Waals surface area contributed by atoms with E-state index in [-0.39, 0.29) is 35.5 Å². The Labute approximate surface area is 280 Å². The molecule has 2 aromatic rings. The molecule has 2 rings (SSSR count). The molecule has 10 heteroatoms. The number of hydrogen-bond donors (Lipinski definition) is 2. The Kier molecular flexibility index (Phi) is 16.4. The first-order valence-electron chi connectivity index (χ1n) is 16.8. The third kappa shape index (κ3) is 13.2. The minimum atomic E-state index is -0.701. The lowest BCUT2D eigenvalue weighted by molar-refractivity contribution is -0.148. The van der Waals surface area contributed by atoms with Gasteiger partial charge in [-0.05, 0) is 49.3 Å². The van der Waals surface area contributed by atoms with Crippen LogP contribution in [0.15, 0.2) is 29.6 Å². The molecule has 0 spiro atoms. The number of nitrogens with zero attached hydrogens (tertiary/aromatic N) is 2. The van der Waals surface area contributed by atoms with Crippen molar-refractivity contribution in [3.8, 4) is 0 Å². The van der Waals surface area contributed by atoms with Crippen molar-refractivity contribution in [3.63, 3.8) is 0 Å². The Balaban J connectivity index is 2.31. The molecule has 0 aliphatic heterocycles. The van der Waals surface area contributed by atoms with Gasteiger partial charge in [0.15, 0.2) is 6.10 Å². The second-order valence-electron chi connectivity index (χ2n) is 13.4. The fourth-order valence-electron chi connectivity index (χ4n) is 5.63. The highest BCUT2D eigenvalue weighted by atomic mass is 32.1. The Morgan fingerprint density at radius 1 is 1.07 bits per heavy atom. The Morgan fingerprint density at radius 3 is 2.33 bits per heavy atom. The lowest BCUT2D eigenvalue weighted by atomic mass is 9.85. The number of unbranched alkanes of at least 4 members (excludes halogenated alkanes) is 4. The lowest BCUT2D eigenvalue weighted by Gasteiger charge is -2.36. The molecule has 3 unspecified atom stereocenters. The summed E-state index contributed by atoms with van der Waals surface area (Å²) in [5.41, 5.74) is 7.08. The smallest absolute Gasteiger partial charge is 0.303 e. The van der Waals surface area contributed by atoms with Crippen LogP contribution in [-0.4, -0.2) is 52.6 Å². The van der Waals surface area contributed by atoms with Gasteiger partial charge in [-0.25, -0.2) is 4.98 Å². The highest BCUT2D eigenvalue weighted by Crippen LogP contribution is 2.32. The van der Waals surface area contributed by atoms with E-state index in [0.29, 0.717) is 42.9 Å². The minimum Gasteiger partial charge on any atom is -0.455 e. The first-order chi connectivity index (χ1) is 21.8. The number of carbonyl (C=O) groups excluding carboxylic acids is 4. The van der Waals surface area contributed by atoms with E-state index in [1.165, 1.54) is 18.3 Å². The van der Waals surface area contributed by atoms with Gasteiger partial charge in [0, 0.05) is 54.9 Å². The van der Waals surface area contributed by atoms with Crippen LogP contribution in [0.3, 0.4) is 0 Å². The molecule has 0 aliphatic rings. The molecule has 0 radical (unpaired) electrons. The van der Waals surface area contributed by atoms with Crippen molar-refractivity contribution >= 4 is 41.1 Å². The molecule has 0 saturated heterocycles. The van der Waals surface area contributed by atoms with Gasteiger partial charge in [-0.1, -0.05) is 79.4 Å². The van der Waals surface area contributed by atoms with E-state index < -0.39 is 17.5 Å². The maximum atomic E-state index is 13.5. The van der Waals surface area contributed by atoms with E-state index in [2.05, 4.69) is 38.0 Å². The average molecular weight is 657 g/mol. The van der Waals surface area contributed by atoms with Crippen molar-refractivity contribution in [2.45, 2.75) is 131 Å². The number of esters is 1. The van der Waals surface area contributed by atoms with Crippen molar-refractivity contribution < 1.29 is 23.9 Å². The molecule has 0 saturated carbocycles. The van der Waals surface area contributed by atoms with Crippen molar-refractivity contribution in [3.05, 3.63) is 45.9 Å². The molecule has 46 heavy (non-hydrogen) atoms. The Hall–Kier alpha value is -3.27. The van der Waals surface area contributed by atoms with Gasteiger partial charge in [0.05, 0.1) is 0 Å². The van der Waals surface area contributed by atoms with Crippen molar-refractivity contribution in [2.24, 2.45) is 11.3 Å². The third-order valence-electron chi connectivity index (χ3n) is 8.17. The monoisotopic (exact) mass is 656 g/mol. The molecule has 256 valence electrons. The molecular weight excluding hydrogens is 600 g/mol. The summed E-state index contributed by atoms with van der Waals surface area (Å²) in [4.78, 5) is 57.6. The number of ether oxygens (including phenoxy) is 1. The van der Waals surface area contributed by atoms with E-state index >= 15 is 0 Å². The number of carbonyl (C=O) groups is 4. The number of amides is 2. The average Bonchev–Trinajstić information content (AvgIpc) is 3.50. The largest absolute Gasteiger partial charge is 0.455 e. The molecule has 2 amide bonds. The zero-order valence-electron chi connectivity index (χ0n) is 29.0. The predicted molar refractivity (Wildman–Crippen MR) is 186 cm³/mol. The standard InChI is InChI=1S/C36H56N4O5S/c1-8-10-12-13-19-40(33(43)14-11-9-2)31(25(3)4)21-32(45-26(5)42)35-39-30(23-46-35)34(44)38-29(22-36(6,7)24-41)20-27-15-17-28(37)18-16-27/h15-18,23-25,29,31-32H,8-14,19-22,37H2,1-7H3,(H,38,44).